The Hall–Kier alpha value is -0.835. The molecule has 0 atom stereocenters. The standard InChI is InChI=1S/C16H18BBrO2/c1-15(2)9-5-7-11(17(19)20)14-12(18)8-6-10(13(9)14)16(15,3)4/h5-8,19-20H,1-4H3. The molecule has 2 aromatic rings. The van der Waals surface area contributed by atoms with Crippen LogP contribution in [0.3, 0.4) is 0 Å². The quantitative estimate of drug-likeness (QED) is 0.788. The van der Waals surface area contributed by atoms with E-state index in [1.165, 1.54) is 16.5 Å². The molecule has 1 aliphatic rings. The van der Waals surface area contributed by atoms with Crippen LogP contribution in [-0.4, -0.2) is 17.2 Å². The van der Waals surface area contributed by atoms with Gasteiger partial charge >= 0.3 is 7.12 Å². The lowest BCUT2D eigenvalue weighted by molar-refractivity contribution is 0.322. The lowest BCUT2D eigenvalue weighted by Gasteiger charge is -2.37. The average Bonchev–Trinajstić information content (AvgIpc) is 2.51. The average molecular weight is 333 g/mol. The van der Waals surface area contributed by atoms with E-state index in [2.05, 4.69) is 49.7 Å². The van der Waals surface area contributed by atoms with Gasteiger partial charge in [0.15, 0.2) is 0 Å². The molecule has 0 fully saturated rings. The Labute approximate surface area is 128 Å². The maximum absolute atomic E-state index is 9.64. The lowest BCUT2D eigenvalue weighted by Crippen LogP contribution is -2.36. The Morgan fingerprint density at radius 1 is 0.850 bits per heavy atom. The van der Waals surface area contributed by atoms with Crippen LogP contribution in [0.15, 0.2) is 28.7 Å². The van der Waals surface area contributed by atoms with Crippen molar-refractivity contribution in [1.82, 2.24) is 0 Å². The van der Waals surface area contributed by atoms with Gasteiger partial charge < -0.3 is 10.0 Å². The van der Waals surface area contributed by atoms with E-state index < -0.39 is 7.12 Å². The van der Waals surface area contributed by atoms with Gasteiger partial charge in [-0.05, 0) is 44.3 Å². The van der Waals surface area contributed by atoms with E-state index in [-0.39, 0.29) is 10.8 Å². The van der Waals surface area contributed by atoms with Crippen LogP contribution in [-0.2, 0) is 10.8 Å². The molecule has 2 N–H and O–H groups in total. The van der Waals surface area contributed by atoms with Crippen LogP contribution in [0.2, 0.25) is 0 Å². The minimum absolute atomic E-state index is 0.00726. The summed E-state index contributed by atoms with van der Waals surface area (Å²) in [7, 11) is -1.46. The molecule has 2 nitrogen and oxygen atoms in total. The lowest BCUT2D eigenvalue weighted by atomic mass is 9.66. The van der Waals surface area contributed by atoms with Crippen LogP contribution in [0.1, 0.15) is 38.8 Å². The second-order valence-electron chi connectivity index (χ2n) is 6.67. The van der Waals surface area contributed by atoms with Gasteiger partial charge in [0.25, 0.3) is 0 Å². The summed E-state index contributed by atoms with van der Waals surface area (Å²) in [5.74, 6) is 0. The number of halogens is 1. The van der Waals surface area contributed by atoms with Crippen molar-refractivity contribution in [2.75, 3.05) is 0 Å². The highest BCUT2D eigenvalue weighted by Crippen LogP contribution is 2.54. The minimum Gasteiger partial charge on any atom is -0.423 e. The van der Waals surface area contributed by atoms with Crippen molar-refractivity contribution in [3.8, 4) is 0 Å². The highest BCUT2D eigenvalue weighted by Gasteiger charge is 2.47. The zero-order chi connectivity index (χ0) is 14.9. The highest BCUT2D eigenvalue weighted by molar-refractivity contribution is 9.10. The number of hydrogen-bond donors (Lipinski definition) is 2. The predicted molar refractivity (Wildman–Crippen MR) is 87.5 cm³/mol. The Morgan fingerprint density at radius 3 is 1.85 bits per heavy atom. The van der Waals surface area contributed by atoms with Crippen LogP contribution in [0.25, 0.3) is 10.8 Å². The largest absolute Gasteiger partial charge is 0.489 e. The number of rotatable bonds is 1. The van der Waals surface area contributed by atoms with E-state index in [1.807, 2.05) is 18.2 Å². The molecule has 0 spiro atoms. The Morgan fingerprint density at radius 2 is 1.35 bits per heavy atom. The van der Waals surface area contributed by atoms with Crippen LogP contribution in [0, 0.1) is 0 Å². The topological polar surface area (TPSA) is 40.5 Å². The van der Waals surface area contributed by atoms with Gasteiger partial charge in [-0.3, -0.25) is 0 Å². The first-order valence-electron chi connectivity index (χ1n) is 6.82. The highest BCUT2D eigenvalue weighted by atomic mass is 79.9. The number of benzene rings is 2. The third-order valence-corrected chi connectivity index (χ3v) is 5.99. The van der Waals surface area contributed by atoms with Crippen molar-refractivity contribution in [1.29, 1.82) is 0 Å². The second-order valence-corrected chi connectivity index (χ2v) is 7.53. The molecular formula is C16H18BBrO2. The van der Waals surface area contributed by atoms with E-state index >= 15 is 0 Å². The Balaban J connectivity index is 2.54. The van der Waals surface area contributed by atoms with Gasteiger partial charge in [-0.15, -0.1) is 0 Å². The van der Waals surface area contributed by atoms with Crippen molar-refractivity contribution < 1.29 is 10.0 Å². The molecule has 0 aliphatic heterocycles. The monoisotopic (exact) mass is 332 g/mol. The van der Waals surface area contributed by atoms with E-state index in [0.717, 1.165) is 9.86 Å². The maximum atomic E-state index is 9.64. The van der Waals surface area contributed by atoms with Crippen molar-refractivity contribution >= 4 is 39.3 Å². The molecule has 0 saturated carbocycles. The summed E-state index contributed by atoms with van der Waals surface area (Å²) in [6.07, 6.45) is 0. The molecule has 1 aliphatic carbocycles. The summed E-state index contributed by atoms with van der Waals surface area (Å²) < 4.78 is 0.912. The molecule has 4 heteroatoms. The fraction of sp³-hybridized carbons (Fsp3) is 0.375. The molecule has 0 saturated heterocycles. The molecular weight excluding hydrogens is 315 g/mol. The van der Waals surface area contributed by atoms with Crippen LogP contribution < -0.4 is 5.46 Å². The normalized spacial score (nSPS) is 18.6. The van der Waals surface area contributed by atoms with Crippen molar-refractivity contribution in [3.05, 3.63) is 39.9 Å². The van der Waals surface area contributed by atoms with Gasteiger partial charge in [0.2, 0.25) is 0 Å². The number of hydrogen-bond acceptors (Lipinski definition) is 2. The molecule has 20 heavy (non-hydrogen) atoms. The van der Waals surface area contributed by atoms with E-state index in [9.17, 15) is 10.0 Å². The van der Waals surface area contributed by atoms with Gasteiger partial charge in [0.05, 0.1) is 0 Å². The molecule has 0 unspecified atom stereocenters. The summed E-state index contributed by atoms with van der Waals surface area (Å²) >= 11 is 3.56. The third kappa shape index (κ3) is 1.53. The van der Waals surface area contributed by atoms with Gasteiger partial charge in [0, 0.05) is 4.47 Å². The van der Waals surface area contributed by atoms with Gasteiger partial charge in [-0.25, -0.2) is 0 Å². The smallest absolute Gasteiger partial charge is 0.423 e. The molecule has 0 aromatic heterocycles. The van der Waals surface area contributed by atoms with Gasteiger partial charge in [0.1, 0.15) is 0 Å². The fourth-order valence-electron chi connectivity index (χ4n) is 3.41. The summed E-state index contributed by atoms with van der Waals surface area (Å²) in [6.45, 7) is 9.02. The molecule has 2 aromatic carbocycles. The third-order valence-electron chi connectivity index (χ3n) is 5.33. The van der Waals surface area contributed by atoms with Crippen molar-refractivity contribution in [2.24, 2.45) is 0 Å². The zero-order valence-electron chi connectivity index (χ0n) is 12.2. The predicted octanol–water partition coefficient (Wildman–Crippen LogP) is 2.85. The minimum atomic E-state index is -1.46. The van der Waals surface area contributed by atoms with E-state index in [1.54, 1.807) is 0 Å². The van der Waals surface area contributed by atoms with Crippen LogP contribution >= 0.6 is 15.9 Å². The first-order chi connectivity index (χ1) is 9.19. The molecule has 3 rings (SSSR count). The van der Waals surface area contributed by atoms with Gasteiger partial charge in [-0.1, -0.05) is 61.8 Å². The first kappa shape index (κ1) is 14.1. The Bertz CT molecular complexity index is 700. The molecule has 0 bridgehead atoms. The van der Waals surface area contributed by atoms with E-state index in [0.29, 0.717) is 5.46 Å². The molecule has 104 valence electrons. The Kier molecular flexibility index (Phi) is 2.89. The fourth-order valence-corrected chi connectivity index (χ4v) is 3.97. The first-order valence-corrected chi connectivity index (χ1v) is 7.61. The molecule has 0 heterocycles. The summed E-state index contributed by atoms with van der Waals surface area (Å²) in [5.41, 5.74) is 3.13. The second kappa shape index (κ2) is 4.09. The molecule has 0 amide bonds. The van der Waals surface area contributed by atoms with Crippen LogP contribution in [0.4, 0.5) is 0 Å². The zero-order valence-corrected chi connectivity index (χ0v) is 13.7. The summed E-state index contributed by atoms with van der Waals surface area (Å²) in [4.78, 5) is 0. The summed E-state index contributed by atoms with van der Waals surface area (Å²) in [5, 5.41) is 21.4. The molecule has 0 radical (unpaired) electrons. The van der Waals surface area contributed by atoms with Crippen molar-refractivity contribution in [2.45, 2.75) is 38.5 Å². The van der Waals surface area contributed by atoms with E-state index in [4.69, 9.17) is 0 Å². The maximum Gasteiger partial charge on any atom is 0.489 e. The van der Waals surface area contributed by atoms with Gasteiger partial charge in [-0.2, -0.15) is 0 Å². The SMILES string of the molecule is CC1(C)c2ccc(Br)c3c(B(O)O)ccc(c23)C1(C)C. The van der Waals surface area contributed by atoms with Crippen LogP contribution in [0.5, 0.6) is 0 Å². The summed E-state index contributed by atoms with van der Waals surface area (Å²) in [6, 6.07) is 8.04. The van der Waals surface area contributed by atoms with Crippen molar-refractivity contribution in [3.63, 3.8) is 0 Å².